The van der Waals surface area contributed by atoms with Crippen molar-refractivity contribution in [3.63, 3.8) is 0 Å². The molecule has 0 heterocycles. The van der Waals surface area contributed by atoms with Crippen LogP contribution in [0.5, 0.6) is 0 Å². The Hall–Kier alpha value is -1.72. The average Bonchev–Trinajstić information content (AvgIpc) is 2.65. The summed E-state index contributed by atoms with van der Waals surface area (Å²) >= 11 is 4.04. The number of amides is 3. The van der Waals surface area contributed by atoms with E-state index in [-0.39, 0.29) is 25.7 Å². The third kappa shape index (κ3) is 15.1. The molecule has 0 spiro atoms. The third-order valence-corrected chi connectivity index (χ3v) is 3.47. The molecule has 1 unspecified atom stereocenters. The first-order chi connectivity index (χ1) is 13.0. The SMILES string of the molecule is COCCOC(=O)NCCCCC(NC(=O)OCCOC)C(=O)NCCS. The van der Waals surface area contributed by atoms with Crippen LogP contribution in [-0.2, 0) is 23.7 Å². The van der Waals surface area contributed by atoms with E-state index in [2.05, 4.69) is 28.6 Å². The molecule has 0 aliphatic rings. The Balaban J connectivity index is 4.17. The highest BCUT2D eigenvalue weighted by atomic mass is 32.1. The molecule has 0 aromatic carbocycles. The third-order valence-electron chi connectivity index (χ3n) is 3.25. The summed E-state index contributed by atoms with van der Waals surface area (Å²) in [4.78, 5) is 35.3. The number of hydrogen-bond donors (Lipinski definition) is 4. The van der Waals surface area contributed by atoms with E-state index < -0.39 is 18.2 Å². The van der Waals surface area contributed by atoms with Gasteiger partial charge in [0.2, 0.25) is 5.91 Å². The monoisotopic (exact) mass is 409 g/mol. The number of carbonyl (C=O) groups is 3. The summed E-state index contributed by atoms with van der Waals surface area (Å²) in [7, 11) is 3.02. The molecule has 158 valence electrons. The first-order valence-corrected chi connectivity index (χ1v) is 9.38. The summed E-state index contributed by atoms with van der Waals surface area (Å²) in [6.07, 6.45) is 0.428. The Morgan fingerprint density at radius 2 is 1.48 bits per heavy atom. The van der Waals surface area contributed by atoms with Crippen molar-refractivity contribution in [2.75, 3.05) is 59.5 Å². The Bertz CT molecular complexity index is 427. The number of nitrogens with one attached hydrogen (secondary N) is 3. The molecule has 0 radical (unpaired) electrons. The summed E-state index contributed by atoms with van der Waals surface area (Å²) in [5.74, 6) is 0.186. The second-order valence-corrected chi connectivity index (χ2v) is 5.84. The van der Waals surface area contributed by atoms with Gasteiger partial charge in [0.25, 0.3) is 0 Å². The van der Waals surface area contributed by atoms with Gasteiger partial charge in [-0.15, -0.1) is 0 Å². The maximum Gasteiger partial charge on any atom is 0.407 e. The van der Waals surface area contributed by atoms with Crippen molar-refractivity contribution in [2.24, 2.45) is 0 Å². The van der Waals surface area contributed by atoms with Crippen LogP contribution in [0.4, 0.5) is 9.59 Å². The van der Waals surface area contributed by atoms with Gasteiger partial charge in [0.15, 0.2) is 0 Å². The van der Waals surface area contributed by atoms with Crippen LogP contribution >= 0.6 is 12.6 Å². The van der Waals surface area contributed by atoms with Crippen molar-refractivity contribution in [3.8, 4) is 0 Å². The number of methoxy groups -OCH3 is 2. The minimum Gasteiger partial charge on any atom is -0.447 e. The van der Waals surface area contributed by atoms with Crippen molar-refractivity contribution in [1.82, 2.24) is 16.0 Å². The Kier molecular flexibility index (Phi) is 16.6. The number of thiol groups is 1. The zero-order chi connectivity index (χ0) is 20.3. The standard InChI is InChI=1S/C16H31N3O7S/c1-23-8-10-25-15(21)18-6-4-3-5-13(14(20)17-7-12-27)19-16(22)26-11-9-24-2/h13,27H,3-12H2,1-2H3,(H,17,20)(H,18,21)(H,19,22). The summed E-state index contributed by atoms with van der Waals surface area (Å²) in [5, 5.41) is 7.82. The van der Waals surface area contributed by atoms with Crippen LogP contribution in [0, 0.1) is 0 Å². The second kappa shape index (κ2) is 17.7. The van der Waals surface area contributed by atoms with Gasteiger partial charge in [-0.3, -0.25) is 4.79 Å². The zero-order valence-electron chi connectivity index (χ0n) is 16.0. The molecule has 1 atom stereocenters. The minimum atomic E-state index is -0.728. The molecule has 27 heavy (non-hydrogen) atoms. The van der Waals surface area contributed by atoms with Crippen molar-refractivity contribution < 1.29 is 33.3 Å². The van der Waals surface area contributed by atoms with Gasteiger partial charge >= 0.3 is 12.2 Å². The van der Waals surface area contributed by atoms with E-state index in [0.29, 0.717) is 44.7 Å². The van der Waals surface area contributed by atoms with Crippen LogP contribution in [0.2, 0.25) is 0 Å². The van der Waals surface area contributed by atoms with Crippen LogP contribution in [0.3, 0.4) is 0 Å². The zero-order valence-corrected chi connectivity index (χ0v) is 16.8. The molecular weight excluding hydrogens is 378 g/mol. The normalized spacial score (nSPS) is 11.4. The smallest absolute Gasteiger partial charge is 0.407 e. The quantitative estimate of drug-likeness (QED) is 0.227. The van der Waals surface area contributed by atoms with Crippen LogP contribution in [0.25, 0.3) is 0 Å². The number of unbranched alkanes of at least 4 members (excludes halogenated alkanes) is 1. The van der Waals surface area contributed by atoms with E-state index in [1.54, 1.807) is 0 Å². The van der Waals surface area contributed by atoms with Gasteiger partial charge in [-0.1, -0.05) is 0 Å². The first kappa shape index (κ1) is 25.3. The van der Waals surface area contributed by atoms with E-state index in [9.17, 15) is 14.4 Å². The van der Waals surface area contributed by atoms with Gasteiger partial charge in [0.1, 0.15) is 19.3 Å². The number of rotatable bonds is 15. The molecule has 0 saturated heterocycles. The molecule has 0 aromatic rings. The van der Waals surface area contributed by atoms with E-state index in [4.69, 9.17) is 18.9 Å². The largest absolute Gasteiger partial charge is 0.447 e. The van der Waals surface area contributed by atoms with Crippen LogP contribution in [0.15, 0.2) is 0 Å². The van der Waals surface area contributed by atoms with Crippen molar-refractivity contribution in [1.29, 1.82) is 0 Å². The van der Waals surface area contributed by atoms with E-state index >= 15 is 0 Å². The van der Waals surface area contributed by atoms with Crippen molar-refractivity contribution in [3.05, 3.63) is 0 Å². The molecule has 0 fully saturated rings. The van der Waals surface area contributed by atoms with Crippen molar-refractivity contribution in [2.45, 2.75) is 25.3 Å². The molecule has 3 N–H and O–H groups in total. The Morgan fingerprint density at radius 3 is 2.07 bits per heavy atom. The fraction of sp³-hybridized carbons (Fsp3) is 0.812. The second-order valence-electron chi connectivity index (χ2n) is 5.39. The average molecular weight is 410 g/mol. The summed E-state index contributed by atoms with van der Waals surface area (Å²) < 4.78 is 19.4. The molecule has 3 amide bonds. The van der Waals surface area contributed by atoms with Crippen LogP contribution in [0.1, 0.15) is 19.3 Å². The number of carbonyl (C=O) groups excluding carboxylic acids is 3. The van der Waals surface area contributed by atoms with Crippen molar-refractivity contribution >= 4 is 30.7 Å². The van der Waals surface area contributed by atoms with E-state index in [0.717, 1.165) is 0 Å². The molecule has 0 saturated carbocycles. The lowest BCUT2D eigenvalue weighted by Gasteiger charge is -2.18. The molecule has 0 aromatic heterocycles. The molecule has 10 nitrogen and oxygen atoms in total. The summed E-state index contributed by atoms with van der Waals surface area (Å²) in [6.45, 7) is 1.69. The lowest BCUT2D eigenvalue weighted by Crippen LogP contribution is -2.47. The van der Waals surface area contributed by atoms with Gasteiger partial charge in [-0.2, -0.15) is 12.6 Å². The molecular formula is C16H31N3O7S. The molecule has 0 bridgehead atoms. The maximum absolute atomic E-state index is 12.1. The van der Waals surface area contributed by atoms with Gasteiger partial charge in [0.05, 0.1) is 13.2 Å². The highest BCUT2D eigenvalue weighted by molar-refractivity contribution is 7.80. The van der Waals surface area contributed by atoms with Gasteiger partial charge in [-0.25, -0.2) is 9.59 Å². The lowest BCUT2D eigenvalue weighted by atomic mass is 10.1. The number of alkyl carbamates (subject to hydrolysis) is 2. The van der Waals surface area contributed by atoms with Gasteiger partial charge < -0.3 is 34.9 Å². The van der Waals surface area contributed by atoms with Crippen LogP contribution < -0.4 is 16.0 Å². The fourth-order valence-electron chi connectivity index (χ4n) is 1.91. The van der Waals surface area contributed by atoms with Crippen LogP contribution in [-0.4, -0.2) is 83.6 Å². The summed E-state index contributed by atoms with van der Waals surface area (Å²) in [5.41, 5.74) is 0. The summed E-state index contributed by atoms with van der Waals surface area (Å²) in [6, 6.07) is -0.728. The predicted molar refractivity (Wildman–Crippen MR) is 102 cm³/mol. The molecule has 0 aliphatic carbocycles. The van der Waals surface area contributed by atoms with E-state index in [1.165, 1.54) is 14.2 Å². The molecule has 0 rings (SSSR count). The highest BCUT2D eigenvalue weighted by Crippen LogP contribution is 2.02. The van der Waals surface area contributed by atoms with E-state index in [1.807, 2.05) is 0 Å². The minimum absolute atomic E-state index is 0.0996. The Morgan fingerprint density at radius 1 is 0.852 bits per heavy atom. The Labute approximate surface area is 165 Å². The lowest BCUT2D eigenvalue weighted by molar-refractivity contribution is -0.123. The predicted octanol–water partition coefficient (Wildman–Crippen LogP) is 0.317. The van der Waals surface area contributed by atoms with Gasteiger partial charge in [0, 0.05) is 33.1 Å². The highest BCUT2D eigenvalue weighted by Gasteiger charge is 2.20. The topological polar surface area (TPSA) is 124 Å². The maximum atomic E-state index is 12.1. The fourth-order valence-corrected chi connectivity index (χ4v) is 2.02. The number of hydrogen-bond acceptors (Lipinski definition) is 8. The van der Waals surface area contributed by atoms with Gasteiger partial charge in [-0.05, 0) is 19.3 Å². The molecule has 0 aliphatic heterocycles. The number of ether oxygens (including phenoxy) is 4. The first-order valence-electron chi connectivity index (χ1n) is 8.75. The molecule has 11 heteroatoms.